The molecule has 0 bridgehead atoms. The highest BCUT2D eigenvalue weighted by atomic mass is 16.5. The summed E-state index contributed by atoms with van der Waals surface area (Å²) in [6.07, 6.45) is 0.998. The highest BCUT2D eigenvalue weighted by Gasteiger charge is 1.97. The molecule has 1 rings (SSSR count). The minimum Gasteiger partial charge on any atom is -0.497 e. The number of aliphatic imine (C=N–C) groups is 1. The van der Waals surface area contributed by atoms with Crippen molar-refractivity contribution in [3.8, 4) is 5.75 Å². The average molecular weight is 252 g/mol. The molecular formula is C13H24N4O. The summed E-state index contributed by atoms with van der Waals surface area (Å²) in [6, 6.07) is 7.88. The number of methoxy groups -OCH3 is 1. The van der Waals surface area contributed by atoms with E-state index in [2.05, 4.69) is 4.99 Å². The Morgan fingerprint density at radius 3 is 2.11 bits per heavy atom. The molecule has 0 saturated heterocycles. The lowest BCUT2D eigenvalue weighted by Crippen LogP contribution is -2.22. The molecule has 5 nitrogen and oxygen atoms in total. The average Bonchev–Trinajstić information content (AvgIpc) is 2.37. The van der Waals surface area contributed by atoms with E-state index in [9.17, 15) is 0 Å². The molecule has 1 aromatic rings. The normalized spacial score (nSPS) is 10.9. The van der Waals surface area contributed by atoms with Crippen LogP contribution in [0.2, 0.25) is 0 Å². The number of nitrogens with zero attached hydrogens (tertiary/aromatic N) is 1. The number of hydrogen-bond acceptors (Lipinski definition) is 3. The van der Waals surface area contributed by atoms with Gasteiger partial charge in [-0.3, -0.25) is 4.99 Å². The van der Waals surface area contributed by atoms with Crippen molar-refractivity contribution in [2.45, 2.75) is 26.3 Å². The minimum absolute atomic E-state index is 0.0981. The van der Waals surface area contributed by atoms with Gasteiger partial charge >= 0.3 is 0 Å². The monoisotopic (exact) mass is 252 g/mol. The quantitative estimate of drug-likeness (QED) is 0.557. The molecule has 1 unspecified atom stereocenters. The van der Waals surface area contributed by atoms with E-state index in [0.717, 1.165) is 24.3 Å². The summed E-state index contributed by atoms with van der Waals surface area (Å²) < 4.78 is 5.01. The molecule has 1 aromatic carbocycles. The Bertz CT molecular complexity index is 343. The first-order valence-electron chi connectivity index (χ1n) is 5.96. The summed E-state index contributed by atoms with van der Waals surface area (Å²) in [5, 5.41) is 0. The molecule has 0 aliphatic rings. The second-order valence-corrected chi connectivity index (χ2v) is 3.87. The summed E-state index contributed by atoms with van der Waals surface area (Å²) in [4.78, 5) is 3.72. The zero-order chi connectivity index (χ0) is 14.0. The fourth-order valence-electron chi connectivity index (χ4n) is 1.15. The van der Waals surface area contributed by atoms with Gasteiger partial charge in [-0.1, -0.05) is 19.1 Å². The number of rotatable bonds is 4. The molecule has 0 saturated carbocycles. The van der Waals surface area contributed by atoms with Gasteiger partial charge in [0.05, 0.1) is 7.11 Å². The zero-order valence-corrected chi connectivity index (χ0v) is 11.4. The van der Waals surface area contributed by atoms with Crippen molar-refractivity contribution in [1.29, 1.82) is 0 Å². The Kier molecular flexibility index (Phi) is 8.39. The number of guanidine groups is 1. The Labute approximate surface area is 109 Å². The molecule has 18 heavy (non-hydrogen) atoms. The van der Waals surface area contributed by atoms with E-state index < -0.39 is 0 Å². The van der Waals surface area contributed by atoms with Crippen LogP contribution in [-0.4, -0.2) is 19.6 Å². The molecule has 0 amide bonds. The molecule has 102 valence electrons. The van der Waals surface area contributed by atoms with Crippen LogP contribution in [0.1, 0.15) is 31.9 Å². The molecule has 0 spiro atoms. The first kappa shape index (κ1) is 16.2. The fourth-order valence-corrected chi connectivity index (χ4v) is 1.15. The Balaban J connectivity index is 0.000000360. The molecule has 5 heteroatoms. The second-order valence-electron chi connectivity index (χ2n) is 3.87. The van der Waals surface area contributed by atoms with Crippen molar-refractivity contribution < 1.29 is 4.74 Å². The molecule has 0 aromatic heterocycles. The molecule has 1 atom stereocenters. The van der Waals surface area contributed by atoms with Gasteiger partial charge in [0.1, 0.15) is 5.75 Å². The van der Waals surface area contributed by atoms with Crippen molar-refractivity contribution in [3.05, 3.63) is 29.8 Å². The summed E-state index contributed by atoms with van der Waals surface area (Å²) in [5.74, 6) is 1.05. The van der Waals surface area contributed by atoms with Gasteiger partial charge in [0.25, 0.3) is 0 Å². The van der Waals surface area contributed by atoms with Crippen LogP contribution in [0.4, 0.5) is 0 Å². The van der Waals surface area contributed by atoms with Crippen molar-refractivity contribution in [2.75, 3.05) is 13.7 Å². The van der Waals surface area contributed by atoms with Crippen LogP contribution in [0.15, 0.2) is 29.3 Å². The smallest absolute Gasteiger partial charge is 0.185 e. The Morgan fingerprint density at radius 1 is 1.28 bits per heavy atom. The first-order valence-corrected chi connectivity index (χ1v) is 5.96. The first-order chi connectivity index (χ1) is 8.51. The van der Waals surface area contributed by atoms with Gasteiger partial charge in [0.15, 0.2) is 5.96 Å². The molecule has 6 N–H and O–H groups in total. The number of hydrogen-bond donors (Lipinski definition) is 3. The van der Waals surface area contributed by atoms with Gasteiger partial charge in [-0.25, -0.2) is 0 Å². The van der Waals surface area contributed by atoms with Crippen LogP contribution in [0.5, 0.6) is 5.75 Å². The van der Waals surface area contributed by atoms with E-state index in [4.69, 9.17) is 21.9 Å². The van der Waals surface area contributed by atoms with Crippen LogP contribution in [0, 0.1) is 0 Å². The molecule has 0 aliphatic carbocycles. The lowest BCUT2D eigenvalue weighted by atomic mass is 10.1. The molecular weight excluding hydrogens is 228 g/mol. The lowest BCUT2D eigenvalue weighted by molar-refractivity contribution is 0.414. The van der Waals surface area contributed by atoms with Crippen LogP contribution >= 0.6 is 0 Å². The van der Waals surface area contributed by atoms with E-state index in [1.165, 1.54) is 0 Å². The summed E-state index contributed by atoms with van der Waals surface area (Å²) in [7, 11) is 1.65. The van der Waals surface area contributed by atoms with Crippen molar-refractivity contribution >= 4 is 5.96 Å². The summed E-state index contributed by atoms with van der Waals surface area (Å²) >= 11 is 0. The maximum absolute atomic E-state index is 5.66. The lowest BCUT2D eigenvalue weighted by Gasteiger charge is -2.05. The van der Waals surface area contributed by atoms with Crippen LogP contribution in [-0.2, 0) is 0 Å². The molecule has 0 radical (unpaired) electrons. The van der Waals surface area contributed by atoms with E-state index in [1.54, 1.807) is 7.11 Å². The Hall–Kier alpha value is -1.75. The largest absolute Gasteiger partial charge is 0.497 e. The SMILES string of the molecule is CCCN=C(N)N.COc1ccc(C(C)N)cc1. The predicted octanol–water partition coefficient (Wildman–Crippen LogP) is 1.38. The number of nitrogens with two attached hydrogens (primary N) is 3. The zero-order valence-electron chi connectivity index (χ0n) is 11.4. The van der Waals surface area contributed by atoms with E-state index in [0.29, 0.717) is 0 Å². The number of benzene rings is 1. The maximum atomic E-state index is 5.66. The third kappa shape index (κ3) is 7.51. The number of ether oxygens (including phenoxy) is 1. The summed E-state index contributed by atoms with van der Waals surface area (Å²) in [6.45, 7) is 4.72. The minimum atomic E-state index is 0.0981. The van der Waals surface area contributed by atoms with Gasteiger partial charge in [-0.05, 0) is 31.0 Å². The topological polar surface area (TPSA) is 99.6 Å². The van der Waals surface area contributed by atoms with Crippen molar-refractivity contribution in [3.63, 3.8) is 0 Å². The molecule has 0 heterocycles. The van der Waals surface area contributed by atoms with Gasteiger partial charge in [-0.2, -0.15) is 0 Å². The van der Waals surface area contributed by atoms with Crippen LogP contribution < -0.4 is 21.9 Å². The fraction of sp³-hybridized carbons (Fsp3) is 0.462. The van der Waals surface area contributed by atoms with Gasteiger partial charge < -0.3 is 21.9 Å². The van der Waals surface area contributed by atoms with Gasteiger partial charge in [0, 0.05) is 12.6 Å². The van der Waals surface area contributed by atoms with E-state index in [1.807, 2.05) is 38.1 Å². The molecule has 0 aliphatic heterocycles. The predicted molar refractivity (Wildman–Crippen MR) is 76.6 cm³/mol. The Morgan fingerprint density at radius 2 is 1.83 bits per heavy atom. The highest BCUT2D eigenvalue weighted by molar-refractivity contribution is 5.75. The standard InChI is InChI=1S/C9H13NO.C4H11N3/c1-7(10)8-3-5-9(11-2)6-4-8;1-2-3-7-4(5)6/h3-7H,10H2,1-2H3;2-3H2,1H3,(H4,5,6,7). The van der Waals surface area contributed by atoms with E-state index in [-0.39, 0.29) is 12.0 Å². The van der Waals surface area contributed by atoms with E-state index >= 15 is 0 Å². The van der Waals surface area contributed by atoms with Gasteiger partial charge in [0.2, 0.25) is 0 Å². The van der Waals surface area contributed by atoms with Crippen LogP contribution in [0.25, 0.3) is 0 Å². The maximum Gasteiger partial charge on any atom is 0.185 e. The van der Waals surface area contributed by atoms with Crippen LogP contribution in [0.3, 0.4) is 0 Å². The second kappa shape index (κ2) is 9.30. The third-order valence-corrected chi connectivity index (χ3v) is 2.16. The van der Waals surface area contributed by atoms with Crippen molar-refractivity contribution in [2.24, 2.45) is 22.2 Å². The summed E-state index contributed by atoms with van der Waals surface area (Å²) in [5.41, 5.74) is 16.8. The van der Waals surface area contributed by atoms with Gasteiger partial charge in [-0.15, -0.1) is 0 Å². The highest BCUT2D eigenvalue weighted by Crippen LogP contribution is 2.14. The molecule has 0 fully saturated rings. The van der Waals surface area contributed by atoms with Crippen molar-refractivity contribution in [1.82, 2.24) is 0 Å². The third-order valence-electron chi connectivity index (χ3n) is 2.16.